The Balaban J connectivity index is 0.00000272. The Labute approximate surface area is 191 Å². The highest BCUT2D eigenvalue weighted by Gasteiger charge is 2.26. The summed E-state index contributed by atoms with van der Waals surface area (Å²) < 4.78 is 1.67. The number of hydrogen-bond donors (Lipinski definition) is 2. The summed E-state index contributed by atoms with van der Waals surface area (Å²) >= 11 is 6.01. The lowest BCUT2D eigenvalue weighted by atomic mass is 10.0. The number of rotatable bonds is 6. The lowest BCUT2D eigenvalue weighted by Crippen LogP contribution is -3.13. The predicted molar refractivity (Wildman–Crippen MR) is 116 cm³/mol. The van der Waals surface area contributed by atoms with Crippen molar-refractivity contribution in [3.63, 3.8) is 0 Å². The molecule has 3 aromatic rings. The van der Waals surface area contributed by atoms with Gasteiger partial charge in [0.2, 0.25) is 0 Å². The smallest absolute Gasteiger partial charge is 0.309 e. The molecule has 0 bridgehead atoms. The van der Waals surface area contributed by atoms with Gasteiger partial charge in [-0.25, -0.2) is 4.68 Å². The maximum Gasteiger partial charge on any atom is 0.309 e. The normalized spacial score (nSPS) is 18.5. The molecule has 0 atom stereocenters. The van der Waals surface area contributed by atoms with Crippen molar-refractivity contribution in [2.24, 2.45) is 0 Å². The van der Waals surface area contributed by atoms with Crippen molar-refractivity contribution in [2.75, 3.05) is 19.6 Å². The van der Waals surface area contributed by atoms with Crippen LogP contribution in [0.25, 0.3) is 10.8 Å². The van der Waals surface area contributed by atoms with E-state index in [2.05, 4.69) is 0 Å². The fourth-order valence-electron chi connectivity index (χ4n) is 4.24. The number of carbonyl (C=O) groups is 1. The highest BCUT2D eigenvalue weighted by atomic mass is 35.5. The van der Waals surface area contributed by atoms with Crippen molar-refractivity contribution in [1.82, 2.24) is 9.78 Å². The Bertz CT molecular complexity index is 1110. The van der Waals surface area contributed by atoms with Crippen molar-refractivity contribution in [3.05, 3.63) is 75.2 Å². The van der Waals surface area contributed by atoms with Gasteiger partial charge in [0.25, 0.3) is 5.56 Å². The van der Waals surface area contributed by atoms with Crippen LogP contribution in [0.15, 0.2) is 53.3 Å². The number of nitrogens with zero attached hydrogens (tertiary/aromatic N) is 2. The summed E-state index contributed by atoms with van der Waals surface area (Å²) in [6, 6.07) is 15.4. The molecule has 6 nitrogen and oxygen atoms in total. The zero-order chi connectivity index (χ0) is 21.1. The molecule has 1 aromatic heterocycles. The first-order chi connectivity index (χ1) is 14.5. The summed E-state index contributed by atoms with van der Waals surface area (Å²) in [5, 5.41) is 16.0. The van der Waals surface area contributed by atoms with Crippen LogP contribution in [0.2, 0.25) is 5.02 Å². The van der Waals surface area contributed by atoms with Crippen LogP contribution in [-0.4, -0.2) is 40.5 Å². The Kier molecular flexibility index (Phi) is 7.70. The van der Waals surface area contributed by atoms with Crippen LogP contribution in [0.1, 0.15) is 36.6 Å². The van der Waals surface area contributed by atoms with Crippen LogP contribution in [-0.2, 0) is 11.2 Å². The summed E-state index contributed by atoms with van der Waals surface area (Å²) in [6.07, 6.45) is 2.45. The van der Waals surface area contributed by atoms with Gasteiger partial charge in [0.15, 0.2) is 0 Å². The van der Waals surface area contributed by atoms with Gasteiger partial charge in [0.1, 0.15) is 0 Å². The van der Waals surface area contributed by atoms with Crippen LogP contribution in [0, 0.1) is 0 Å². The third-order valence-corrected chi connectivity index (χ3v) is 6.14. The van der Waals surface area contributed by atoms with Crippen LogP contribution < -0.4 is 22.9 Å². The molecule has 2 aromatic carbocycles. The van der Waals surface area contributed by atoms with Gasteiger partial charge in [-0.15, -0.1) is 0 Å². The molecular weight excluding hydrogens is 437 g/mol. The quantitative estimate of drug-likeness (QED) is 0.510. The Morgan fingerprint density at radius 2 is 1.74 bits per heavy atom. The molecule has 2 heterocycles. The summed E-state index contributed by atoms with van der Waals surface area (Å²) in [7, 11) is 0. The van der Waals surface area contributed by atoms with Crippen molar-refractivity contribution < 1.29 is 27.2 Å². The van der Waals surface area contributed by atoms with Gasteiger partial charge in [0, 0.05) is 29.7 Å². The Hall–Kier alpha value is -2.41. The zero-order valence-electron chi connectivity index (χ0n) is 17.1. The lowest BCUT2D eigenvalue weighted by Gasteiger charge is -2.29. The van der Waals surface area contributed by atoms with E-state index in [-0.39, 0.29) is 30.4 Å². The molecule has 1 fully saturated rings. The van der Waals surface area contributed by atoms with Crippen LogP contribution in [0.4, 0.5) is 0 Å². The van der Waals surface area contributed by atoms with Crippen LogP contribution >= 0.6 is 11.6 Å². The van der Waals surface area contributed by atoms with E-state index in [9.17, 15) is 9.59 Å². The topological polar surface area (TPSA) is 76.6 Å². The van der Waals surface area contributed by atoms with E-state index in [0.717, 1.165) is 42.6 Å². The lowest BCUT2D eigenvalue weighted by molar-refractivity contribution is -0.905. The second kappa shape index (κ2) is 10.3. The molecule has 0 saturated carbocycles. The minimum absolute atomic E-state index is 0. The number of fused-ring (bicyclic) bond motifs is 1. The number of hydrogen-bond acceptors (Lipinski definition) is 3. The van der Waals surface area contributed by atoms with Crippen molar-refractivity contribution >= 4 is 28.3 Å². The van der Waals surface area contributed by atoms with E-state index in [1.807, 2.05) is 48.5 Å². The molecule has 0 aliphatic carbocycles. The number of likely N-dealkylation sites (tertiary alicyclic amines) is 1. The van der Waals surface area contributed by atoms with Crippen molar-refractivity contribution in [1.29, 1.82) is 0 Å². The number of nitrogens with one attached hydrogen (secondary N) is 1. The molecule has 1 aliphatic rings. The van der Waals surface area contributed by atoms with Gasteiger partial charge in [-0.1, -0.05) is 41.9 Å². The summed E-state index contributed by atoms with van der Waals surface area (Å²) in [4.78, 5) is 25.3. The van der Waals surface area contributed by atoms with Gasteiger partial charge in [-0.05, 0) is 23.8 Å². The number of aromatic nitrogens is 2. The number of benzene rings is 2. The number of carboxylic acid groups (broad SMARTS) is 1. The summed E-state index contributed by atoms with van der Waals surface area (Å²) in [5.41, 5.74) is 1.92. The number of halogens is 2. The largest absolute Gasteiger partial charge is 1.00 e. The monoisotopic (exact) mass is 461 g/mol. The van der Waals surface area contributed by atoms with E-state index in [1.54, 1.807) is 4.68 Å². The third kappa shape index (κ3) is 5.45. The minimum Gasteiger partial charge on any atom is -1.00 e. The van der Waals surface area contributed by atoms with Gasteiger partial charge in [0.05, 0.1) is 43.2 Å². The average Bonchev–Trinajstić information content (AvgIpc) is 2.76. The molecule has 0 amide bonds. The molecule has 31 heavy (non-hydrogen) atoms. The number of aliphatic carboxylic acids is 1. The van der Waals surface area contributed by atoms with Crippen LogP contribution in [0.5, 0.6) is 0 Å². The standard InChI is InChI=1S/C23H24ClN3O3.ClH/c24-17-7-5-16(6-8-17)15-21-19-3-1-2-4-20(19)23(30)27(25-21)18-9-12-26(13-10-18)14-11-22(28)29;/h1-8,18H,9-15H2,(H,28,29);1H. The Morgan fingerprint density at radius 3 is 2.39 bits per heavy atom. The molecule has 0 radical (unpaired) electrons. The SMILES string of the molecule is O=C(O)CC[NH+]1CCC(n2nc(Cc3ccc(Cl)cc3)c3ccccc3c2=O)CC1.[Cl-]. The minimum atomic E-state index is -0.760. The molecule has 0 spiro atoms. The molecule has 4 rings (SSSR count). The number of piperidine rings is 1. The number of carboxylic acids is 1. The van der Waals surface area contributed by atoms with E-state index in [1.165, 1.54) is 4.90 Å². The Morgan fingerprint density at radius 1 is 1.10 bits per heavy atom. The highest BCUT2D eigenvalue weighted by Crippen LogP contribution is 2.21. The van der Waals surface area contributed by atoms with E-state index < -0.39 is 5.97 Å². The highest BCUT2D eigenvalue weighted by molar-refractivity contribution is 6.30. The molecule has 1 saturated heterocycles. The third-order valence-electron chi connectivity index (χ3n) is 5.89. The molecule has 8 heteroatoms. The number of quaternary nitrogens is 1. The van der Waals surface area contributed by atoms with E-state index >= 15 is 0 Å². The van der Waals surface area contributed by atoms with Gasteiger partial charge in [-0.3, -0.25) is 9.59 Å². The second-order valence-corrected chi connectivity index (χ2v) is 8.36. The fourth-order valence-corrected chi connectivity index (χ4v) is 4.36. The van der Waals surface area contributed by atoms with Gasteiger partial charge in [-0.2, -0.15) is 5.10 Å². The first-order valence-corrected chi connectivity index (χ1v) is 10.7. The van der Waals surface area contributed by atoms with Crippen molar-refractivity contribution in [2.45, 2.75) is 31.7 Å². The first kappa shape index (κ1) is 23.3. The fraction of sp³-hybridized carbons (Fsp3) is 0.348. The first-order valence-electron chi connectivity index (χ1n) is 10.3. The van der Waals surface area contributed by atoms with Crippen molar-refractivity contribution in [3.8, 4) is 0 Å². The van der Waals surface area contributed by atoms with Gasteiger partial charge >= 0.3 is 5.97 Å². The molecule has 2 N–H and O–H groups in total. The van der Waals surface area contributed by atoms with Crippen LogP contribution in [0.3, 0.4) is 0 Å². The zero-order valence-corrected chi connectivity index (χ0v) is 18.6. The maximum absolute atomic E-state index is 13.2. The van der Waals surface area contributed by atoms with E-state index in [4.69, 9.17) is 21.8 Å². The molecule has 1 aliphatic heterocycles. The second-order valence-electron chi connectivity index (χ2n) is 7.92. The maximum atomic E-state index is 13.2. The molecule has 0 unspecified atom stereocenters. The summed E-state index contributed by atoms with van der Waals surface area (Å²) in [5.74, 6) is -0.760. The predicted octanol–water partition coefficient (Wildman–Crippen LogP) is -0.661. The summed E-state index contributed by atoms with van der Waals surface area (Å²) in [6.45, 7) is 2.33. The van der Waals surface area contributed by atoms with Gasteiger partial charge < -0.3 is 22.4 Å². The molecular formula is C23H25Cl2N3O3. The average molecular weight is 462 g/mol. The van der Waals surface area contributed by atoms with E-state index in [0.29, 0.717) is 23.4 Å². The molecule has 164 valence electrons.